The average Bonchev–Trinajstić information content (AvgIpc) is 1.98. The van der Waals surface area contributed by atoms with E-state index in [1.165, 1.54) is 0 Å². The van der Waals surface area contributed by atoms with Crippen molar-refractivity contribution in [3.05, 3.63) is 12.2 Å². The van der Waals surface area contributed by atoms with Gasteiger partial charge in [0, 0.05) is 0 Å². The highest BCUT2D eigenvalue weighted by atomic mass is 16.5. The summed E-state index contributed by atoms with van der Waals surface area (Å²) in [5.41, 5.74) is 1.16. The topological polar surface area (TPSA) is 40.5 Å². The van der Waals surface area contributed by atoms with E-state index in [0.29, 0.717) is 18.3 Å². The summed E-state index contributed by atoms with van der Waals surface area (Å²) in [6.07, 6.45) is 0.134. The van der Waals surface area contributed by atoms with E-state index in [9.17, 15) is 0 Å². The third-order valence-electron chi connectivity index (χ3n) is 2.51. The average molecular weight is 172 g/mol. The van der Waals surface area contributed by atoms with Crippen LogP contribution in [0.25, 0.3) is 0 Å². The van der Waals surface area contributed by atoms with Crippen LogP contribution in [0.15, 0.2) is 12.2 Å². The van der Waals surface area contributed by atoms with Crippen molar-refractivity contribution in [1.29, 1.82) is 0 Å². The Balaban J connectivity index is 3.71. The number of aliphatic hydroxyl groups is 2. The molecular weight excluding hydrogens is 152 g/mol. The Bertz CT molecular complexity index is 141. The van der Waals surface area contributed by atoms with Gasteiger partial charge < -0.3 is 10.2 Å². The van der Waals surface area contributed by atoms with Gasteiger partial charge in [0.1, 0.15) is 0 Å². The molecule has 0 aromatic rings. The minimum absolute atomic E-state index is 0.457. The molecule has 0 rings (SSSR count). The molecule has 72 valence electrons. The lowest BCUT2D eigenvalue weighted by atomic mass is 9.87. The number of rotatable bonds is 5. The molecule has 0 aliphatic rings. The van der Waals surface area contributed by atoms with Crippen molar-refractivity contribution in [3.8, 4) is 0 Å². The number of hydrogen-bond acceptors (Lipinski definition) is 2. The predicted octanol–water partition coefficient (Wildman–Crippen LogP) is 1.93. The Labute approximate surface area is 74.9 Å². The summed E-state index contributed by atoms with van der Waals surface area (Å²) in [7, 11) is 0. The minimum Gasteiger partial charge on any atom is -0.368 e. The van der Waals surface area contributed by atoms with Gasteiger partial charge in [-0.05, 0) is 31.6 Å². The zero-order valence-electron chi connectivity index (χ0n) is 8.25. The van der Waals surface area contributed by atoms with E-state index >= 15 is 0 Å². The Morgan fingerprint density at radius 1 is 1.25 bits per heavy atom. The van der Waals surface area contributed by atoms with Crippen LogP contribution in [0.5, 0.6) is 0 Å². The highest BCUT2D eigenvalue weighted by molar-refractivity contribution is 4.95. The first-order valence-corrected chi connectivity index (χ1v) is 4.46. The molecule has 0 spiro atoms. The molecule has 2 unspecified atom stereocenters. The SMILES string of the molecule is C=C(C)C(C)C(C)CCC(O)O. The molecule has 0 heterocycles. The second-order valence-electron chi connectivity index (χ2n) is 3.67. The molecule has 0 fully saturated rings. The second kappa shape index (κ2) is 5.33. The fourth-order valence-corrected chi connectivity index (χ4v) is 1.15. The van der Waals surface area contributed by atoms with Gasteiger partial charge >= 0.3 is 0 Å². The predicted molar refractivity (Wildman–Crippen MR) is 50.6 cm³/mol. The molecule has 0 aromatic heterocycles. The van der Waals surface area contributed by atoms with Gasteiger partial charge in [0.05, 0.1) is 0 Å². The summed E-state index contributed by atoms with van der Waals surface area (Å²) in [4.78, 5) is 0. The van der Waals surface area contributed by atoms with E-state index in [2.05, 4.69) is 20.4 Å². The van der Waals surface area contributed by atoms with Crippen molar-refractivity contribution in [3.63, 3.8) is 0 Å². The Morgan fingerprint density at radius 2 is 1.75 bits per heavy atom. The van der Waals surface area contributed by atoms with Gasteiger partial charge in [0.15, 0.2) is 6.29 Å². The molecule has 0 aliphatic heterocycles. The number of allylic oxidation sites excluding steroid dienone is 1. The molecule has 2 heteroatoms. The van der Waals surface area contributed by atoms with Gasteiger partial charge in [0.2, 0.25) is 0 Å². The molecule has 0 bridgehead atoms. The Kier molecular flexibility index (Phi) is 5.18. The molecule has 0 aromatic carbocycles. The smallest absolute Gasteiger partial charge is 0.151 e. The minimum atomic E-state index is -1.16. The standard InChI is InChI=1S/C10H20O2/c1-7(2)9(4)8(3)5-6-10(11)12/h8-12H,1,5-6H2,2-4H3. The molecule has 0 aliphatic carbocycles. The first-order valence-electron chi connectivity index (χ1n) is 4.46. The zero-order chi connectivity index (χ0) is 9.72. The molecule has 0 saturated heterocycles. The summed E-state index contributed by atoms with van der Waals surface area (Å²) < 4.78 is 0. The highest BCUT2D eigenvalue weighted by Gasteiger charge is 2.13. The van der Waals surface area contributed by atoms with Crippen LogP contribution in [0, 0.1) is 11.8 Å². The van der Waals surface area contributed by atoms with E-state index in [0.717, 1.165) is 12.0 Å². The fraction of sp³-hybridized carbons (Fsp3) is 0.800. The summed E-state index contributed by atoms with van der Waals surface area (Å²) >= 11 is 0. The van der Waals surface area contributed by atoms with Crippen molar-refractivity contribution >= 4 is 0 Å². The lowest BCUT2D eigenvalue weighted by Crippen LogP contribution is -2.12. The van der Waals surface area contributed by atoms with Crippen molar-refractivity contribution in [2.75, 3.05) is 0 Å². The molecule has 0 saturated carbocycles. The van der Waals surface area contributed by atoms with Crippen LogP contribution in [0.3, 0.4) is 0 Å². The van der Waals surface area contributed by atoms with Crippen LogP contribution in [0.4, 0.5) is 0 Å². The zero-order valence-corrected chi connectivity index (χ0v) is 8.25. The van der Waals surface area contributed by atoms with E-state index in [4.69, 9.17) is 10.2 Å². The number of aliphatic hydroxyl groups excluding tert-OH is 1. The summed E-state index contributed by atoms with van der Waals surface area (Å²) in [5.74, 6) is 0.938. The van der Waals surface area contributed by atoms with Gasteiger partial charge in [-0.1, -0.05) is 26.0 Å². The molecule has 12 heavy (non-hydrogen) atoms. The molecular formula is C10H20O2. The maximum atomic E-state index is 8.65. The molecule has 0 radical (unpaired) electrons. The number of hydrogen-bond donors (Lipinski definition) is 2. The summed E-state index contributed by atoms with van der Waals surface area (Å²) in [6.45, 7) is 10.1. The van der Waals surface area contributed by atoms with Crippen LogP contribution < -0.4 is 0 Å². The highest BCUT2D eigenvalue weighted by Crippen LogP contribution is 2.22. The fourth-order valence-electron chi connectivity index (χ4n) is 1.15. The third kappa shape index (κ3) is 4.52. The quantitative estimate of drug-likeness (QED) is 0.491. The Hall–Kier alpha value is -0.340. The largest absolute Gasteiger partial charge is 0.368 e. The first-order chi connectivity index (χ1) is 5.45. The second-order valence-corrected chi connectivity index (χ2v) is 3.67. The van der Waals surface area contributed by atoms with Crippen LogP contribution in [-0.2, 0) is 0 Å². The van der Waals surface area contributed by atoms with Crippen LogP contribution >= 0.6 is 0 Å². The molecule has 2 atom stereocenters. The van der Waals surface area contributed by atoms with E-state index in [1.807, 2.05) is 6.92 Å². The lowest BCUT2D eigenvalue weighted by molar-refractivity contribution is -0.0492. The normalized spacial score (nSPS) is 16.2. The molecule has 2 nitrogen and oxygen atoms in total. The van der Waals surface area contributed by atoms with E-state index in [1.54, 1.807) is 0 Å². The maximum absolute atomic E-state index is 8.65. The summed E-state index contributed by atoms with van der Waals surface area (Å²) in [5, 5.41) is 17.3. The first kappa shape index (κ1) is 11.7. The van der Waals surface area contributed by atoms with E-state index in [-0.39, 0.29) is 0 Å². The van der Waals surface area contributed by atoms with Crippen molar-refractivity contribution in [2.45, 2.75) is 39.9 Å². The van der Waals surface area contributed by atoms with Crippen molar-refractivity contribution in [1.82, 2.24) is 0 Å². The molecule has 0 amide bonds. The van der Waals surface area contributed by atoms with Gasteiger partial charge in [-0.3, -0.25) is 0 Å². The van der Waals surface area contributed by atoms with Gasteiger partial charge in [0.25, 0.3) is 0 Å². The third-order valence-corrected chi connectivity index (χ3v) is 2.51. The van der Waals surface area contributed by atoms with E-state index < -0.39 is 6.29 Å². The van der Waals surface area contributed by atoms with Crippen LogP contribution in [0.2, 0.25) is 0 Å². The summed E-state index contributed by atoms with van der Waals surface area (Å²) in [6, 6.07) is 0. The van der Waals surface area contributed by atoms with Crippen molar-refractivity contribution in [2.24, 2.45) is 11.8 Å². The van der Waals surface area contributed by atoms with Gasteiger partial charge in [-0.2, -0.15) is 0 Å². The van der Waals surface area contributed by atoms with Crippen molar-refractivity contribution < 1.29 is 10.2 Å². The molecule has 2 N–H and O–H groups in total. The Morgan fingerprint density at radius 3 is 2.08 bits per heavy atom. The van der Waals surface area contributed by atoms with Crippen LogP contribution in [0.1, 0.15) is 33.6 Å². The lowest BCUT2D eigenvalue weighted by Gasteiger charge is -2.20. The maximum Gasteiger partial charge on any atom is 0.151 e. The van der Waals surface area contributed by atoms with Gasteiger partial charge in [-0.25, -0.2) is 0 Å². The van der Waals surface area contributed by atoms with Crippen LogP contribution in [-0.4, -0.2) is 16.5 Å². The monoisotopic (exact) mass is 172 g/mol. The van der Waals surface area contributed by atoms with Gasteiger partial charge in [-0.15, -0.1) is 0 Å².